The summed E-state index contributed by atoms with van der Waals surface area (Å²) in [6, 6.07) is 9.48. The lowest BCUT2D eigenvalue weighted by molar-refractivity contribution is -0.134. The van der Waals surface area contributed by atoms with Gasteiger partial charge >= 0.3 is 0 Å². The number of nitrogens with one attached hydrogen (secondary N) is 2. The molecule has 0 bridgehead atoms. The molecule has 3 atom stereocenters. The molecule has 4 amide bonds. The molecule has 8 heteroatoms. The molecule has 8 nitrogen and oxygen atoms in total. The number of rotatable bonds is 4. The number of amides is 4. The summed E-state index contributed by atoms with van der Waals surface area (Å²) in [4.78, 5) is 52.0. The smallest absolute Gasteiger partial charge is 0.242 e. The minimum absolute atomic E-state index is 0.0364. The normalized spacial score (nSPS) is 25.9. The minimum atomic E-state index is -0.720. The maximum Gasteiger partial charge on any atom is 0.242 e. The second kappa shape index (κ2) is 8.23. The van der Waals surface area contributed by atoms with Gasteiger partial charge in [-0.25, -0.2) is 0 Å². The number of carbonyl (C=O) groups excluding carboxylic acids is 4. The zero-order valence-electron chi connectivity index (χ0n) is 17.1. The third-order valence-corrected chi connectivity index (χ3v) is 5.88. The lowest BCUT2D eigenvalue weighted by Crippen LogP contribution is -2.64. The molecule has 0 radical (unpaired) electrons. The highest BCUT2D eigenvalue weighted by atomic mass is 16.2. The maximum absolute atomic E-state index is 13.0. The molecule has 2 N–H and O–H groups in total. The van der Waals surface area contributed by atoms with Crippen LogP contribution in [-0.4, -0.2) is 65.1 Å². The van der Waals surface area contributed by atoms with Crippen molar-refractivity contribution < 1.29 is 19.2 Å². The fraction of sp³-hybridized carbons (Fsp3) is 0.524. The molecule has 0 spiro atoms. The van der Waals surface area contributed by atoms with Crippen LogP contribution < -0.4 is 10.6 Å². The second-order valence-corrected chi connectivity index (χ2v) is 7.96. The molecular formula is C21H28N4O4. The zero-order valence-corrected chi connectivity index (χ0v) is 17.1. The highest BCUT2D eigenvalue weighted by Crippen LogP contribution is 2.47. The zero-order chi connectivity index (χ0) is 21.2. The summed E-state index contributed by atoms with van der Waals surface area (Å²) < 4.78 is 0. The average Bonchev–Trinajstić information content (AvgIpc) is 3.00. The molecule has 2 heterocycles. The van der Waals surface area contributed by atoms with E-state index in [9.17, 15) is 19.2 Å². The number of nitrogens with zero attached hydrogens (tertiary/aromatic N) is 2. The second-order valence-electron chi connectivity index (χ2n) is 7.96. The highest BCUT2D eigenvalue weighted by Gasteiger charge is 2.57. The number of benzene rings is 1. The van der Waals surface area contributed by atoms with Crippen molar-refractivity contribution in [3.05, 3.63) is 35.9 Å². The number of likely N-dealkylation sites (tertiary alicyclic amines) is 2. The van der Waals surface area contributed by atoms with Gasteiger partial charge in [0.05, 0.1) is 18.1 Å². The first-order valence-corrected chi connectivity index (χ1v) is 9.86. The molecular weight excluding hydrogens is 372 g/mol. The van der Waals surface area contributed by atoms with E-state index in [-0.39, 0.29) is 42.1 Å². The van der Waals surface area contributed by atoms with Gasteiger partial charge in [-0.15, -0.1) is 0 Å². The standard InChI is InChI=1S/C21H28N4O4/c1-14(26)22-11-19(29)25-13-21(23-15(2)27)12-24(16(3)28)10-9-18(21)20(25)17-7-5-4-6-8-17/h4-8,18,20H,9-13H2,1-3H3,(H,22,26)(H,23,27)/t18-,20-,21-/m1/s1. The highest BCUT2D eigenvalue weighted by molar-refractivity contribution is 5.85. The van der Waals surface area contributed by atoms with E-state index in [2.05, 4.69) is 10.6 Å². The molecule has 1 aromatic rings. The first-order valence-electron chi connectivity index (χ1n) is 9.86. The van der Waals surface area contributed by atoms with E-state index in [1.165, 1.54) is 20.8 Å². The van der Waals surface area contributed by atoms with Crippen LogP contribution in [0.5, 0.6) is 0 Å². The van der Waals surface area contributed by atoms with E-state index in [4.69, 9.17) is 0 Å². The summed E-state index contributed by atoms with van der Waals surface area (Å²) >= 11 is 0. The molecule has 0 unspecified atom stereocenters. The van der Waals surface area contributed by atoms with Crippen LogP contribution in [0.1, 0.15) is 38.8 Å². The number of hydrogen-bond acceptors (Lipinski definition) is 4. The van der Waals surface area contributed by atoms with Crippen molar-refractivity contribution in [2.75, 3.05) is 26.2 Å². The van der Waals surface area contributed by atoms with Gasteiger partial charge in [0, 0.05) is 46.3 Å². The number of fused-ring (bicyclic) bond motifs is 1. The van der Waals surface area contributed by atoms with E-state index < -0.39 is 5.54 Å². The molecule has 2 fully saturated rings. The Morgan fingerprint density at radius 3 is 2.31 bits per heavy atom. The van der Waals surface area contributed by atoms with Gasteiger partial charge in [-0.1, -0.05) is 30.3 Å². The Bertz CT molecular complexity index is 812. The molecule has 2 aliphatic rings. The Kier molecular flexibility index (Phi) is 5.91. The van der Waals surface area contributed by atoms with Gasteiger partial charge in [0.1, 0.15) is 0 Å². The first kappa shape index (κ1) is 20.8. The van der Waals surface area contributed by atoms with Crippen LogP contribution in [0.15, 0.2) is 30.3 Å². The molecule has 156 valence electrons. The summed E-state index contributed by atoms with van der Waals surface area (Å²) in [7, 11) is 0. The van der Waals surface area contributed by atoms with Gasteiger partial charge in [-0.05, 0) is 12.0 Å². The predicted octanol–water partition coefficient (Wildman–Crippen LogP) is 0.449. The Balaban J connectivity index is 2.01. The molecule has 0 aromatic heterocycles. The molecule has 0 aliphatic carbocycles. The molecule has 3 rings (SSSR count). The summed E-state index contributed by atoms with van der Waals surface area (Å²) in [5, 5.41) is 5.65. The number of hydrogen-bond donors (Lipinski definition) is 2. The molecule has 2 saturated heterocycles. The van der Waals surface area contributed by atoms with E-state index >= 15 is 0 Å². The van der Waals surface area contributed by atoms with Gasteiger partial charge in [-0.2, -0.15) is 0 Å². The molecule has 0 saturated carbocycles. The lowest BCUT2D eigenvalue weighted by Gasteiger charge is -2.45. The summed E-state index contributed by atoms with van der Waals surface area (Å²) in [6.07, 6.45) is 0.670. The molecule has 2 aliphatic heterocycles. The van der Waals surface area contributed by atoms with Crippen molar-refractivity contribution in [1.82, 2.24) is 20.4 Å². The molecule has 1 aromatic carbocycles. The Morgan fingerprint density at radius 1 is 1.03 bits per heavy atom. The van der Waals surface area contributed by atoms with Crippen molar-refractivity contribution >= 4 is 23.6 Å². The Morgan fingerprint density at radius 2 is 1.72 bits per heavy atom. The number of carbonyl (C=O) groups is 4. The van der Waals surface area contributed by atoms with Crippen LogP contribution in [0, 0.1) is 5.92 Å². The van der Waals surface area contributed by atoms with Crippen molar-refractivity contribution in [3.8, 4) is 0 Å². The van der Waals surface area contributed by atoms with Crippen molar-refractivity contribution in [2.45, 2.75) is 38.8 Å². The van der Waals surface area contributed by atoms with Crippen LogP contribution in [0.25, 0.3) is 0 Å². The van der Waals surface area contributed by atoms with E-state index in [1.807, 2.05) is 30.3 Å². The summed E-state index contributed by atoms with van der Waals surface area (Å²) in [5.74, 6) is -0.755. The van der Waals surface area contributed by atoms with Crippen LogP contribution in [0.4, 0.5) is 0 Å². The van der Waals surface area contributed by atoms with Crippen LogP contribution in [0.2, 0.25) is 0 Å². The predicted molar refractivity (Wildman–Crippen MR) is 106 cm³/mol. The number of piperidine rings is 1. The van der Waals surface area contributed by atoms with Gasteiger partial charge in [-0.3, -0.25) is 19.2 Å². The topological polar surface area (TPSA) is 98.8 Å². The minimum Gasteiger partial charge on any atom is -0.347 e. The molecule has 29 heavy (non-hydrogen) atoms. The summed E-state index contributed by atoms with van der Waals surface area (Å²) in [5.41, 5.74) is 0.263. The van der Waals surface area contributed by atoms with Crippen molar-refractivity contribution in [1.29, 1.82) is 0 Å². The van der Waals surface area contributed by atoms with Crippen LogP contribution in [0.3, 0.4) is 0 Å². The fourth-order valence-electron chi connectivity index (χ4n) is 4.75. The van der Waals surface area contributed by atoms with Crippen LogP contribution in [-0.2, 0) is 19.2 Å². The monoisotopic (exact) mass is 400 g/mol. The van der Waals surface area contributed by atoms with Gasteiger partial charge in [0.15, 0.2) is 0 Å². The SMILES string of the molecule is CC(=O)NCC(=O)N1C[C@]2(NC(C)=O)CN(C(C)=O)CC[C@@H]2[C@H]1c1ccccc1. The lowest BCUT2D eigenvalue weighted by atomic mass is 9.75. The Labute approximate surface area is 170 Å². The third kappa shape index (κ3) is 4.26. The van der Waals surface area contributed by atoms with Crippen molar-refractivity contribution in [3.63, 3.8) is 0 Å². The average molecular weight is 400 g/mol. The quantitative estimate of drug-likeness (QED) is 0.767. The van der Waals surface area contributed by atoms with Gasteiger partial charge < -0.3 is 20.4 Å². The van der Waals surface area contributed by atoms with Crippen LogP contribution >= 0.6 is 0 Å². The Hall–Kier alpha value is -2.90. The third-order valence-electron chi connectivity index (χ3n) is 5.88. The largest absolute Gasteiger partial charge is 0.347 e. The van der Waals surface area contributed by atoms with E-state index in [0.717, 1.165) is 5.56 Å². The summed E-state index contributed by atoms with van der Waals surface area (Å²) in [6.45, 7) is 5.48. The van der Waals surface area contributed by atoms with E-state index in [0.29, 0.717) is 26.1 Å². The van der Waals surface area contributed by atoms with Gasteiger partial charge in [0.2, 0.25) is 23.6 Å². The van der Waals surface area contributed by atoms with Crippen molar-refractivity contribution in [2.24, 2.45) is 5.92 Å². The fourth-order valence-corrected chi connectivity index (χ4v) is 4.75. The first-order chi connectivity index (χ1) is 13.7. The van der Waals surface area contributed by atoms with E-state index in [1.54, 1.807) is 9.80 Å². The maximum atomic E-state index is 13.0. The van der Waals surface area contributed by atoms with Gasteiger partial charge in [0.25, 0.3) is 0 Å².